The molecular weight excluding hydrogens is 312 g/mol. The van der Waals surface area contributed by atoms with Crippen molar-refractivity contribution in [1.29, 1.82) is 0 Å². The highest BCUT2D eigenvalue weighted by atomic mass is 16.5. The van der Waals surface area contributed by atoms with Crippen LogP contribution in [0, 0.1) is 6.92 Å². The molecular formula is C21H28N2O2. The molecule has 0 aliphatic rings. The second kappa shape index (κ2) is 8.06. The highest BCUT2D eigenvalue weighted by molar-refractivity contribution is 5.92. The summed E-state index contributed by atoms with van der Waals surface area (Å²) in [6, 6.07) is 15.9. The first kappa shape index (κ1) is 18.8. The van der Waals surface area contributed by atoms with Gasteiger partial charge in [0.05, 0.1) is 7.11 Å². The first-order chi connectivity index (χ1) is 11.9. The number of hydrogen-bond acceptors (Lipinski definition) is 2. The van der Waals surface area contributed by atoms with Gasteiger partial charge in [0.25, 0.3) is 0 Å². The highest BCUT2D eigenvalue weighted by Crippen LogP contribution is 2.25. The van der Waals surface area contributed by atoms with E-state index < -0.39 is 0 Å². The van der Waals surface area contributed by atoms with Gasteiger partial charge in [-0.05, 0) is 49.2 Å². The number of benzene rings is 2. The van der Waals surface area contributed by atoms with Crippen LogP contribution >= 0.6 is 0 Å². The van der Waals surface area contributed by atoms with Crippen molar-refractivity contribution in [3.63, 3.8) is 0 Å². The number of urea groups is 1. The van der Waals surface area contributed by atoms with Gasteiger partial charge >= 0.3 is 6.03 Å². The van der Waals surface area contributed by atoms with Gasteiger partial charge in [-0.2, -0.15) is 0 Å². The van der Waals surface area contributed by atoms with E-state index in [1.807, 2.05) is 62.4 Å². The van der Waals surface area contributed by atoms with Gasteiger partial charge in [0.15, 0.2) is 0 Å². The number of aryl methyl sites for hydroxylation is 1. The number of ether oxygens (including phenoxy) is 1. The maximum absolute atomic E-state index is 12.7. The Morgan fingerprint density at radius 1 is 1.16 bits per heavy atom. The Balaban J connectivity index is 2.05. The molecule has 0 unspecified atom stereocenters. The molecule has 0 radical (unpaired) electrons. The maximum Gasteiger partial charge on any atom is 0.321 e. The molecule has 2 amide bonds. The number of nitrogens with one attached hydrogen (secondary N) is 1. The Bertz CT molecular complexity index is 708. The van der Waals surface area contributed by atoms with Crippen LogP contribution in [0.4, 0.5) is 10.5 Å². The van der Waals surface area contributed by atoms with E-state index in [0.717, 1.165) is 22.6 Å². The molecule has 0 aromatic heterocycles. The molecule has 4 heteroatoms. The number of methoxy groups -OCH3 is 1. The van der Waals surface area contributed by atoms with E-state index in [4.69, 9.17) is 4.74 Å². The SMILES string of the molecule is CCN(C(=O)NCC(C)(C)c1ccc(OC)cc1)c1cccc(C)c1. The molecule has 0 bridgehead atoms. The molecule has 25 heavy (non-hydrogen) atoms. The molecule has 2 aromatic rings. The number of anilines is 1. The topological polar surface area (TPSA) is 41.6 Å². The highest BCUT2D eigenvalue weighted by Gasteiger charge is 2.23. The summed E-state index contributed by atoms with van der Waals surface area (Å²) in [5, 5.41) is 3.07. The van der Waals surface area contributed by atoms with Crippen molar-refractivity contribution in [2.24, 2.45) is 0 Å². The van der Waals surface area contributed by atoms with E-state index >= 15 is 0 Å². The lowest BCUT2D eigenvalue weighted by molar-refractivity contribution is 0.244. The summed E-state index contributed by atoms with van der Waals surface area (Å²) in [7, 11) is 1.66. The number of amides is 2. The largest absolute Gasteiger partial charge is 0.497 e. The molecule has 0 aliphatic heterocycles. The van der Waals surface area contributed by atoms with Crippen LogP contribution in [-0.2, 0) is 5.41 Å². The zero-order valence-corrected chi connectivity index (χ0v) is 15.8. The molecule has 1 N–H and O–H groups in total. The molecule has 0 atom stereocenters. The molecule has 0 fully saturated rings. The zero-order chi connectivity index (χ0) is 18.4. The Kier molecular flexibility index (Phi) is 6.07. The first-order valence-electron chi connectivity index (χ1n) is 8.64. The quantitative estimate of drug-likeness (QED) is 0.840. The second-order valence-electron chi connectivity index (χ2n) is 6.85. The molecule has 0 saturated carbocycles. The molecule has 2 aromatic carbocycles. The smallest absolute Gasteiger partial charge is 0.321 e. The van der Waals surface area contributed by atoms with Crippen molar-refractivity contribution in [2.45, 2.75) is 33.1 Å². The Labute approximate surface area is 150 Å². The van der Waals surface area contributed by atoms with Gasteiger partial charge in [0.2, 0.25) is 0 Å². The normalized spacial score (nSPS) is 11.1. The average molecular weight is 340 g/mol. The van der Waals surface area contributed by atoms with Crippen molar-refractivity contribution in [1.82, 2.24) is 5.32 Å². The summed E-state index contributed by atoms with van der Waals surface area (Å²) in [6.45, 7) is 9.44. The Hall–Kier alpha value is -2.49. The summed E-state index contributed by atoms with van der Waals surface area (Å²) in [6.07, 6.45) is 0. The van der Waals surface area contributed by atoms with Gasteiger partial charge in [0, 0.05) is 24.2 Å². The van der Waals surface area contributed by atoms with Crippen molar-refractivity contribution >= 4 is 11.7 Å². The van der Waals surface area contributed by atoms with Crippen molar-refractivity contribution in [2.75, 3.05) is 25.1 Å². The zero-order valence-electron chi connectivity index (χ0n) is 15.8. The summed E-state index contributed by atoms with van der Waals surface area (Å²) in [5.41, 5.74) is 3.05. The summed E-state index contributed by atoms with van der Waals surface area (Å²) in [5.74, 6) is 0.834. The maximum atomic E-state index is 12.7. The van der Waals surface area contributed by atoms with Crippen LogP contribution < -0.4 is 15.0 Å². The molecule has 134 valence electrons. The van der Waals surface area contributed by atoms with Crippen LogP contribution in [0.3, 0.4) is 0 Å². The third-order valence-corrected chi connectivity index (χ3v) is 4.43. The third-order valence-electron chi connectivity index (χ3n) is 4.43. The van der Waals surface area contributed by atoms with Gasteiger partial charge in [-0.15, -0.1) is 0 Å². The fraction of sp³-hybridized carbons (Fsp3) is 0.381. The second-order valence-corrected chi connectivity index (χ2v) is 6.85. The van der Waals surface area contributed by atoms with Crippen LogP contribution in [-0.4, -0.2) is 26.2 Å². The Morgan fingerprint density at radius 3 is 2.40 bits per heavy atom. The monoisotopic (exact) mass is 340 g/mol. The van der Waals surface area contributed by atoms with Crippen molar-refractivity contribution < 1.29 is 9.53 Å². The fourth-order valence-corrected chi connectivity index (χ4v) is 2.78. The molecule has 2 rings (SSSR count). The lowest BCUT2D eigenvalue weighted by atomic mass is 9.84. The lowest BCUT2D eigenvalue weighted by Crippen LogP contribution is -2.44. The predicted octanol–water partition coefficient (Wildman–Crippen LogP) is 4.52. The summed E-state index contributed by atoms with van der Waals surface area (Å²) < 4.78 is 5.21. The minimum Gasteiger partial charge on any atom is -0.497 e. The Morgan fingerprint density at radius 2 is 1.84 bits per heavy atom. The van der Waals surface area contributed by atoms with Crippen LogP contribution in [0.15, 0.2) is 48.5 Å². The van der Waals surface area contributed by atoms with Crippen LogP contribution in [0.1, 0.15) is 31.9 Å². The van der Waals surface area contributed by atoms with Gasteiger partial charge in [-0.1, -0.05) is 38.1 Å². The molecule has 0 spiro atoms. The average Bonchev–Trinajstić information content (AvgIpc) is 2.61. The number of nitrogens with zero attached hydrogens (tertiary/aromatic N) is 1. The molecule has 0 heterocycles. The number of rotatable bonds is 6. The van der Waals surface area contributed by atoms with Gasteiger partial charge in [0.1, 0.15) is 5.75 Å². The van der Waals surface area contributed by atoms with E-state index in [1.165, 1.54) is 0 Å². The fourth-order valence-electron chi connectivity index (χ4n) is 2.78. The predicted molar refractivity (Wildman–Crippen MR) is 104 cm³/mol. The number of hydrogen-bond donors (Lipinski definition) is 1. The van der Waals surface area contributed by atoms with Gasteiger partial charge in [-0.25, -0.2) is 4.79 Å². The van der Waals surface area contributed by atoms with E-state index in [2.05, 4.69) is 19.2 Å². The van der Waals surface area contributed by atoms with E-state index in [0.29, 0.717) is 13.1 Å². The lowest BCUT2D eigenvalue weighted by Gasteiger charge is -2.28. The van der Waals surface area contributed by atoms with E-state index in [9.17, 15) is 4.79 Å². The van der Waals surface area contributed by atoms with Crippen molar-refractivity contribution in [3.8, 4) is 5.75 Å². The molecule has 0 aliphatic carbocycles. The molecule has 0 saturated heterocycles. The summed E-state index contributed by atoms with van der Waals surface area (Å²) >= 11 is 0. The van der Waals surface area contributed by atoms with Gasteiger partial charge < -0.3 is 10.1 Å². The van der Waals surface area contributed by atoms with Crippen LogP contribution in [0.2, 0.25) is 0 Å². The standard InChI is InChI=1S/C21H28N2O2/c1-6-23(18-9-7-8-16(2)14-18)20(24)22-15-21(3,4)17-10-12-19(25-5)13-11-17/h7-14H,6,15H2,1-5H3,(H,22,24). The first-order valence-corrected chi connectivity index (χ1v) is 8.64. The van der Waals surface area contributed by atoms with Crippen molar-refractivity contribution in [3.05, 3.63) is 59.7 Å². The third kappa shape index (κ3) is 4.75. The minimum atomic E-state index is -0.173. The van der Waals surface area contributed by atoms with Crippen LogP contribution in [0.5, 0.6) is 5.75 Å². The number of carbonyl (C=O) groups excluding carboxylic acids is 1. The molecule has 4 nitrogen and oxygen atoms in total. The van der Waals surface area contributed by atoms with Crippen LogP contribution in [0.25, 0.3) is 0 Å². The van der Waals surface area contributed by atoms with E-state index in [1.54, 1.807) is 12.0 Å². The van der Waals surface area contributed by atoms with E-state index in [-0.39, 0.29) is 11.4 Å². The van der Waals surface area contributed by atoms with Gasteiger partial charge in [-0.3, -0.25) is 4.90 Å². The minimum absolute atomic E-state index is 0.0744. The summed E-state index contributed by atoms with van der Waals surface area (Å²) in [4.78, 5) is 14.4. The number of carbonyl (C=O) groups is 1.